The number of fused-ring (bicyclic) bond motifs is 1. The molecule has 1 fully saturated rings. The van der Waals surface area contributed by atoms with E-state index in [2.05, 4.69) is 44.5 Å². The number of hydrogen-bond donors (Lipinski definition) is 1. The fourth-order valence-corrected chi connectivity index (χ4v) is 5.00. The molecule has 0 atom stereocenters. The Kier molecular flexibility index (Phi) is 6.61. The van der Waals surface area contributed by atoms with Gasteiger partial charge in [-0.25, -0.2) is 4.98 Å². The zero-order valence-corrected chi connectivity index (χ0v) is 20.7. The van der Waals surface area contributed by atoms with Gasteiger partial charge in [0, 0.05) is 36.7 Å². The number of amides is 1. The van der Waals surface area contributed by atoms with Crippen molar-refractivity contribution in [2.24, 2.45) is 0 Å². The van der Waals surface area contributed by atoms with Gasteiger partial charge in [-0.3, -0.25) is 14.8 Å². The van der Waals surface area contributed by atoms with Crippen LogP contribution in [-0.2, 0) is 13.1 Å². The molecule has 1 N–H and O–H groups in total. The van der Waals surface area contributed by atoms with E-state index in [1.807, 2.05) is 30.7 Å². The Morgan fingerprint density at radius 2 is 1.86 bits per heavy atom. The van der Waals surface area contributed by atoms with Gasteiger partial charge in [-0.15, -0.1) is 0 Å². The molecular weight excluding hydrogens is 438 g/mol. The highest BCUT2D eigenvalue weighted by Gasteiger charge is 2.34. The van der Waals surface area contributed by atoms with Crippen molar-refractivity contribution in [3.8, 4) is 0 Å². The number of benzene rings is 1. The minimum Gasteiger partial charge on any atom is -0.340 e. The Bertz CT molecular complexity index is 1170. The zero-order chi connectivity index (χ0) is 24.4. The Morgan fingerprint density at radius 1 is 1.09 bits per heavy atom. The van der Waals surface area contributed by atoms with Gasteiger partial charge in [-0.2, -0.15) is 4.98 Å². The monoisotopic (exact) mass is 471 g/mol. The van der Waals surface area contributed by atoms with E-state index in [0.29, 0.717) is 36.5 Å². The molecule has 0 bridgehead atoms. The molecule has 5 rings (SSSR count). The van der Waals surface area contributed by atoms with E-state index in [4.69, 9.17) is 4.98 Å². The third-order valence-corrected chi connectivity index (χ3v) is 7.02. The number of rotatable bonds is 7. The molecule has 0 saturated heterocycles. The molecule has 1 saturated carbocycles. The van der Waals surface area contributed by atoms with Crippen LogP contribution in [0, 0.1) is 0 Å². The fraction of sp³-hybridized carbons (Fsp3) is 0.444. The first-order valence-corrected chi connectivity index (χ1v) is 12.5. The number of hydrogen-bond acceptors (Lipinski definition) is 7. The lowest BCUT2D eigenvalue weighted by molar-refractivity contribution is 0.0726. The predicted molar refractivity (Wildman–Crippen MR) is 137 cm³/mol. The molecule has 1 amide bonds. The molecule has 35 heavy (non-hydrogen) atoms. The van der Waals surface area contributed by atoms with Crippen LogP contribution in [0.15, 0.2) is 42.9 Å². The van der Waals surface area contributed by atoms with Crippen molar-refractivity contribution < 1.29 is 4.79 Å². The molecule has 8 nitrogen and oxygen atoms in total. The lowest BCUT2D eigenvalue weighted by Crippen LogP contribution is -2.31. The first-order chi connectivity index (χ1) is 17.0. The Morgan fingerprint density at radius 3 is 2.54 bits per heavy atom. The van der Waals surface area contributed by atoms with E-state index >= 15 is 0 Å². The smallest absolute Gasteiger partial charge is 0.273 e. The van der Waals surface area contributed by atoms with Gasteiger partial charge in [0.25, 0.3) is 5.91 Å². The number of carbonyl (C=O) groups excluding carboxylic acids is 1. The van der Waals surface area contributed by atoms with Crippen LogP contribution in [0.1, 0.15) is 79.2 Å². The Balaban J connectivity index is 1.44. The van der Waals surface area contributed by atoms with E-state index in [0.717, 1.165) is 16.9 Å². The van der Waals surface area contributed by atoms with Crippen molar-refractivity contribution in [3.63, 3.8) is 0 Å². The molecule has 2 aliphatic rings. The maximum Gasteiger partial charge on any atom is 0.273 e. The average molecular weight is 472 g/mol. The molecule has 0 unspecified atom stereocenters. The van der Waals surface area contributed by atoms with Crippen molar-refractivity contribution in [2.75, 3.05) is 17.3 Å². The van der Waals surface area contributed by atoms with Gasteiger partial charge in [0.05, 0.1) is 25.0 Å². The van der Waals surface area contributed by atoms with Crippen molar-refractivity contribution in [1.82, 2.24) is 24.8 Å². The third kappa shape index (κ3) is 4.97. The fourth-order valence-electron chi connectivity index (χ4n) is 5.00. The minimum atomic E-state index is -0.0535. The van der Waals surface area contributed by atoms with Crippen molar-refractivity contribution in [3.05, 3.63) is 65.4 Å². The summed E-state index contributed by atoms with van der Waals surface area (Å²) in [6.07, 6.45) is 11.6. The summed E-state index contributed by atoms with van der Waals surface area (Å²) in [5.41, 5.74) is 4.49. The van der Waals surface area contributed by atoms with E-state index < -0.39 is 0 Å². The van der Waals surface area contributed by atoms with Crippen LogP contribution in [-0.4, -0.2) is 43.8 Å². The normalized spacial score (nSPS) is 16.0. The van der Waals surface area contributed by atoms with E-state index in [9.17, 15) is 4.79 Å². The molecule has 2 aromatic heterocycles. The van der Waals surface area contributed by atoms with Gasteiger partial charge in [-0.1, -0.05) is 31.4 Å². The van der Waals surface area contributed by atoms with E-state index in [1.165, 1.54) is 37.7 Å². The minimum absolute atomic E-state index is 0.0535. The number of nitrogens with one attached hydrogen (secondary N) is 1. The van der Waals surface area contributed by atoms with Gasteiger partial charge < -0.3 is 15.1 Å². The molecule has 182 valence electrons. The van der Waals surface area contributed by atoms with E-state index in [1.54, 1.807) is 18.6 Å². The molecule has 1 aromatic carbocycles. The maximum absolute atomic E-state index is 13.2. The molecule has 0 radical (unpaired) electrons. The molecule has 1 aliphatic heterocycles. The highest BCUT2D eigenvalue weighted by atomic mass is 16.2. The topological polar surface area (TPSA) is 87.1 Å². The molecule has 3 aromatic rings. The zero-order valence-electron chi connectivity index (χ0n) is 20.7. The van der Waals surface area contributed by atoms with Crippen LogP contribution in [0.3, 0.4) is 0 Å². The van der Waals surface area contributed by atoms with Crippen LogP contribution in [0.25, 0.3) is 0 Å². The highest BCUT2D eigenvalue weighted by Crippen LogP contribution is 2.35. The van der Waals surface area contributed by atoms with Crippen LogP contribution < -0.4 is 10.2 Å². The van der Waals surface area contributed by atoms with Crippen LogP contribution in [0.4, 0.5) is 17.5 Å². The van der Waals surface area contributed by atoms with Gasteiger partial charge in [0.2, 0.25) is 5.95 Å². The number of carbonyl (C=O) groups is 1. The van der Waals surface area contributed by atoms with Gasteiger partial charge in [-0.05, 0) is 50.3 Å². The van der Waals surface area contributed by atoms with Crippen molar-refractivity contribution >= 4 is 23.4 Å². The first-order valence-electron chi connectivity index (χ1n) is 12.5. The molecule has 1 aliphatic carbocycles. The molecular formula is C27H33N7O. The van der Waals surface area contributed by atoms with Gasteiger partial charge >= 0.3 is 0 Å². The van der Waals surface area contributed by atoms with Gasteiger partial charge in [0.15, 0.2) is 0 Å². The molecule has 8 heteroatoms. The van der Waals surface area contributed by atoms with E-state index in [-0.39, 0.29) is 11.9 Å². The summed E-state index contributed by atoms with van der Waals surface area (Å²) >= 11 is 0. The summed E-state index contributed by atoms with van der Waals surface area (Å²) < 4.78 is 0. The van der Waals surface area contributed by atoms with Crippen LogP contribution in [0.2, 0.25) is 0 Å². The molecule has 3 heterocycles. The Hall–Kier alpha value is -3.55. The lowest BCUT2D eigenvalue weighted by atomic mass is 9.84. The summed E-state index contributed by atoms with van der Waals surface area (Å²) in [4.78, 5) is 34.9. The number of aromatic nitrogens is 4. The molecule has 0 spiro atoms. The quantitative estimate of drug-likeness (QED) is 0.515. The number of nitrogens with zero attached hydrogens (tertiary/aromatic N) is 6. The van der Waals surface area contributed by atoms with Crippen molar-refractivity contribution in [2.45, 2.75) is 71.0 Å². The SMILES string of the molecule is CC(C)N1Cc2c(Nc3ccc(C4CCCCC4)cc3)nc(N(C)Cc3cnccn3)nc2C1=O. The summed E-state index contributed by atoms with van der Waals surface area (Å²) in [5, 5.41) is 3.49. The lowest BCUT2D eigenvalue weighted by Gasteiger charge is -2.22. The largest absolute Gasteiger partial charge is 0.340 e. The van der Waals surface area contributed by atoms with Gasteiger partial charge in [0.1, 0.15) is 11.5 Å². The maximum atomic E-state index is 13.2. The Labute approximate surface area is 206 Å². The third-order valence-electron chi connectivity index (χ3n) is 7.02. The average Bonchev–Trinajstić information content (AvgIpc) is 3.22. The summed E-state index contributed by atoms with van der Waals surface area (Å²) in [5.74, 6) is 1.77. The number of anilines is 3. The highest BCUT2D eigenvalue weighted by molar-refractivity contribution is 5.98. The summed E-state index contributed by atoms with van der Waals surface area (Å²) in [6, 6.07) is 8.79. The second-order valence-corrected chi connectivity index (χ2v) is 9.86. The summed E-state index contributed by atoms with van der Waals surface area (Å²) in [6.45, 7) is 5.04. The summed E-state index contributed by atoms with van der Waals surface area (Å²) in [7, 11) is 1.90. The predicted octanol–water partition coefficient (Wildman–Crippen LogP) is 5.06. The van der Waals surface area contributed by atoms with Crippen molar-refractivity contribution in [1.29, 1.82) is 0 Å². The first kappa shape index (κ1) is 23.2. The second-order valence-electron chi connectivity index (χ2n) is 9.86. The van der Waals surface area contributed by atoms with Crippen LogP contribution >= 0.6 is 0 Å². The standard InChI is InChI=1S/C27H33N7O/c1-18(2)34-17-23-24(26(34)35)31-27(33(3)16-22-15-28-13-14-29-22)32-25(23)30-21-11-9-20(10-12-21)19-7-5-4-6-8-19/h9-15,18-19H,4-8,16-17H2,1-3H3,(H,30,31,32). The van der Waals surface area contributed by atoms with Crippen LogP contribution in [0.5, 0.6) is 0 Å². The second kappa shape index (κ2) is 9.98.